The second-order valence-electron chi connectivity index (χ2n) is 3.13. The van der Waals surface area contributed by atoms with E-state index in [1.54, 1.807) is 12.4 Å². The Morgan fingerprint density at radius 1 is 1.58 bits per heavy atom. The smallest absolute Gasteiger partial charge is 0.0590 e. The van der Waals surface area contributed by atoms with Crippen LogP contribution in [0.15, 0.2) is 22.9 Å². The van der Waals surface area contributed by atoms with Gasteiger partial charge in [-0.15, -0.1) is 0 Å². The van der Waals surface area contributed by atoms with Crippen LogP contribution in [0.25, 0.3) is 0 Å². The first-order chi connectivity index (χ1) is 5.70. The Hall–Kier alpha value is -0.570. The van der Waals surface area contributed by atoms with Crippen LogP contribution in [0.5, 0.6) is 0 Å². The summed E-state index contributed by atoms with van der Waals surface area (Å²) in [6.45, 7) is 5.35. The van der Waals surface area contributed by atoms with Crippen LogP contribution in [-0.2, 0) is 0 Å². The highest BCUT2D eigenvalue weighted by atomic mass is 79.9. The van der Waals surface area contributed by atoms with E-state index in [4.69, 9.17) is 0 Å². The van der Waals surface area contributed by atoms with Crippen molar-refractivity contribution >= 4 is 21.6 Å². The maximum absolute atomic E-state index is 3.99. The highest BCUT2D eigenvalue weighted by molar-refractivity contribution is 9.10. The van der Waals surface area contributed by atoms with Crippen LogP contribution in [0, 0.1) is 5.92 Å². The van der Waals surface area contributed by atoms with Crippen LogP contribution in [0.2, 0.25) is 0 Å². The molecule has 66 valence electrons. The van der Waals surface area contributed by atoms with E-state index < -0.39 is 0 Å². The van der Waals surface area contributed by atoms with E-state index in [1.165, 1.54) is 0 Å². The first-order valence-electron chi connectivity index (χ1n) is 4.03. The Balaban J connectivity index is 2.57. The molecule has 2 nitrogen and oxygen atoms in total. The summed E-state index contributed by atoms with van der Waals surface area (Å²) < 4.78 is 1.02. The molecule has 0 saturated carbocycles. The van der Waals surface area contributed by atoms with Gasteiger partial charge in [-0.3, -0.25) is 4.98 Å². The molecule has 0 amide bonds. The monoisotopic (exact) mass is 228 g/mol. The third kappa shape index (κ3) is 2.81. The maximum atomic E-state index is 3.99. The Morgan fingerprint density at radius 2 is 2.33 bits per heavy atom. The van der Waals surface area contributed by atoms with Gasteiger partial charge < -0.3 is 5.32 Å². The lowest BCUT2D eigenvalue weighted by Gasteiger charge is -2.09. The molecule has 1 N–H and O–H groups in total. The molecule has 1 heterocycles. The summed E-state index contributed by atoms with van der Waals surface area (Å²) in [5.74, 6) is 0.657. The van der Waals surface area contributed by atoms with Crippen molar-refractivity contribution in [2.24, 2.45) is 5.92 Å². The number of nitrogens with zero attached hydrogens (tertiary/aromatic N) is 1. The molecule has 1 aromatic heterocycles. The molecule has 0 spiro atoms. The van der Waals surface area contributed by atoms with Gasteiger partial charge in [-0.25, -0.2) is 0 Å². The average Bonchev–Trinajstić information content (AvgIpc) is 2.03. The molecule has 0 radical (unpaired) electrons. The summed E-state index contributed by atoms with van der Waals surface area (Å²) in [5, 5.41) is 3.33. The van der Waals surface area contributed by atoms with Gasteiger partial charge in [-0.2, -0.15) is 0 Å². The van der Waals surface area contributed by atoms with Crippen molar-refractivity contribution in [1.29, 1.82) is 0 Å². The van der Waals surface area contributed by atoms with E-state index in [-0.39, 0.29) is 0 Å². The summed E-state index contributed by atoms with van der Waals surface area (Å²) in [5.41, 5.74) is 1.11. The van der Waals surface area contributed by atoms with Crippen molar-refractivity contribution in [3.8, 4) is 0 Å². The largest absolute Gasteiger partial charge is 0.384 e. The lowest BCUT2D eigenvalue weighted by molar-refractivity contribution is 0.688. The molecule has 0 unspecified atom stereocenters. The summed E-state index contributed by atoms with van der Waals surface area (Å²) >= 11 is 3.42. The molecule has 0 aliphatic rings. The quantitative estimate of drug-likeness (QED) is 0.861. The zero-order valence-electron chi connectivity index (χ0n) is 7.34. The van der Waals surface area contributed by atoms with E-state index in [0.29, 0.717) is 5.92 Å². The van der Waals surface area contributed by atoms with Gasteiger partial charge in [-0.1, -0.05) is 13.8 Å². The molecule has 1 rings (SSSR count). The molecule has 12 heavy (non-hydrogen) atoms. The summed E-state index contributed by atoms with van der Waals surface area (Å²) in [6, 6.07) is 1.96. The molecule has 3 heteroatoms. The van der Waals surface area contributed by atoms with Gasteiger partial charge in [-0.05, 0) is 27.9 Å². The fourth-order valence-corrected chi connectivity index (χ4v) is 1.22. The van der Waals surface area contributed by atoms with Crippen LogP contribution in [-0.4, -0.2) is 11.5 Å². The van der Waals surface area contributed by atoms with Crippen LogP contribution < -0.4 is 5.32 Å². The number of rotatable bonds is 3. The summed E-state index contributed by atoms with van der Waals surface area (Å²) in [6.07, 6.45) is 3.58. The molecule has 0 aromatic carbocycles. The van der Waals surface area contributed by atoms with E-state index >= 15 is 0 Å². The van der Waals surface area contributed by atoms with Crippen molar-refractivity contribution in [2.75, 3.05) is 11.9 Å². The molecule has 0 bridgehead atoms. The maximum Gasteiger partial charge on any atom is 0.0590 e. The number of aromatic nitrogens is 1. The zero-order chi connectivity index (χ0) is 8.97. The highest BCUT2D eigenvalue weighted by Crippen LogP contribution is 2.19. The number of anilines is 1. The Morgan fingerprint density at radius 3 is 2.92 bits per heavy atom. The first-order valence-corrected chi connectivity index (χ1v) is 4.83. The zero-order valence-corrected chi connectivity index (χ0v) is 8.93. The molecular weight excluding hydrogens is 216 g/mol. The number of nitrogens with one attached hydrogen (secondary N) is 1. The van der Waals surface area contributed by atoms with Crippen molar-refractivity contribution < 1.29 is 0 Å². The van der Waals surface area contributed by atoms with Gasteiger partial charge in [0.2, 0.25) is 0 Å². The Labute approximate surface area is 81.5 Å². The van der Waals surface area contributed by atoms with Crippen LogP contribution in [0.1, 0.15) is 13.8 Å². The van der Waals surface area contributed by atoms with E-state index in [9.17, 15) is 0 Å². The van der Waals surface area contributed by atoms with Gasteiger partial charge in [0.25, 0.3) is 0 Å². The van der Waals surface area contributed by atoms with Gasteiger partial charge >= 0.3 is 0 Å². The summed E-state index contributed by atoms with van der Waals surface area (Å²) in [4.78, 5) is 3.99. The Kier molecular flexibility index (Phi) is 3.53. The highest BCUT2D eigenvalue weighted by Gasteiger charge is 1.98. The third-order valence-corrected chi connectivity index (χ3v) is 2.11. The second-order valence-corrected chi connectivity index (χ2v) is 3.98. The van der Waals surface area contributed by atoms with E-state index in [2.05, 4.69) is 40.1 Å². The van der Waals surface area contributed by atoms with Crippen molar-refractivity contribution in [3.63, 3.8) is 0 Å². The lowest BCUT2D eigenvalue weighted by Crippen LogP contribution is -2.08. The first kappa shape index (κ1) is 9.52. The molecule has 0 atom stereocenters. The van der Waals surface area contributed by atoms with Crippen LogP contribution >= 0.6 is 15.9 Å². The van der Waals surface area contributed by atoms with Gasteiger partial charge in [0.15, 0.2) is 0 Å². The van der Waals surface area contributed by atoms with Crippen LogP contribution in [0.4, 0.5) is 5.69 Å². The number of hydrogen-bond acceptors (Lipinski definition) is 2. The lowest BCUT2D eigenvalue weighted by atomic mass is 10.2. The van der Waals surface area contributed by atoms with Crippen LogP contribution in [0.3, 0.4) is 0 Å². The normalized spacial score (nSPS) is 10.3. The SMILES string of the molecule is CC(C)CNc1ccncc1Br. The number of hydrogen-bond donors (Lipinski definition) is 1. The third-order valence-electron chi connectivity index (χ3n) is 1.47. The fraction of sp³-hybridized carbons (Fsp3) is 0.444. The van der Waals surface area contributed by atoms with Gasteiger partial charge in [0, 0.05) is 18.9 Å². The average molecular weight is 229 g/mol. The van der Waals surface area contributed by atoms with E-state index in [1.807, 2.05) is 6.07 Å². The molecule has 0 aliphatic heterocycles. The van der Waals surface area contributed by atoms with Crippen molar-refractivity contribution in [3.05, 3.63) is 22.9 Å². The molecule has 0 saturated heterocycles. The standard InChI is InChI=1S/C9H13BrN2/c1-7(2)5-12-9-3-4-11-6-8(9)10/h3-4,6-7H,5H2,1-2H3,(H,11,12). The van der Waals surface area contributed by atoms with Crippen molar-refractivity contribution in [1.82, 2.24) is 4.98 Å². The second kappa shape index (κ2) is 4.45. The topological polar surface area (TPSA) is 24.9 Å². The minimum Gasteiger partial charge on any atom is -0.384 e. The fourth-order valence-electron chi connectivity index (χ4n) is 0.833. The predicted molar refractivity (Wildman–Crippen MR) is 55.3 cm³/mol. The Bertz CT molecular complexity index is 248. The molecule has 0 aliphatic carbocycles. The molecule has 1 aromatic rings. The van der Waals surface area contributed by atoms with E-state index in [0.717, 1.165) is 16.7 Å². The van der Waals surface area contributed by atoms with Gasteiger partial charge in [0.1, 0.15) is 0 Å². The minimum absolute atomic E-state index is 0.657. The molecule has 0 fully saturated rings. The summed E-state index contributed by atoms with van der Waals surface area (Å²) in [7, 11) is 0. The molecular formula is C9H13BrN2. The minimum atomic E-state index is 0.657. The van der Waals surface area contributed by atoms with Crippen molar-refractivity contribution in [2.45, 2.75) is 13.8 Å². The number of halogens is 1. The van der Waals surface area contributed by atoms with Gasteiger partial charge in [0.05, 0.1) is 10.2 Å². The number of pyridine rings is 1. The predicted octanol–water partition coefficient (Wildman–Crippen LogP) is 2.91.